The molecule has 31 heavy (non-hydrogen) atoms. The number of nitrogens with one attached hydrogen (secondary N) is 1. The second-order valence-electron chi connectivity index (χ2n) is 8.79. The number of halogens is 2. The Morgan fingerprint density at radius 2 is 2.06 bits per heavy atom. The summed E-state index contributed by atoms with van der Waals surface area (Å²) in [7, 11) is 1.62. The highest BCUT2D eigenvalue weighted by Gasteiger charge is 2.52. The topological polar surface area (TPSA) is 56.1 Å². The highest BCUT2D eigenvalue weighted by molar-refractivity contribution is 5.95. The highest BCUT2D eigenvalue weighted by atomic mass is 19.1. The molecule has 7 heteroatoms. The molecule has 3 aliphatic rings. The van der Waals surface area contributed by atoms with Gasteiger partial charge >= 0.3 is 0 Å². The van der Waals surface area contributed by atoms with Crippen molar-refractivity contribution in [2.45, 2.75) is 37.1 Å². The van der Waals surface area contributed by atoms with E-state index < -0.39 is 17.2 Å². The zero-order valence-corrected chi connectivity index (χ0v) is 17.0. The Morgan fingerprint density at radius 1 is 1.23 bits per heavy atom. The van der Waals surface area contributed by atoms with Crippen LogP contribution in [0.3, 0.4) is 0 Å². The quantitative estimate of drug-likeness (QED) is 0.671. The van der Waals surface area contributed by atoms with Gasteiger partial charge in [-0.2, -0.15) is 5.10 Å². The summed E-state index contributed by atoms with van der Waals surface area (Å²) in [5.41, 5.74) is 2.89. The Balaban J connectivity index is 1.36. The van der Waals surface area contributed by atoms with Crippen molar-refractivity contribution in [2.75, 3.05) is 7.11 Å². The molecule has 1 heterocycles. The second-order valence-corrected chi connectivity index (χ2v) is 8.79. The molecule has 0 radical (unpaired) electrons. The molecule has 0 aliphatic heterocycles. The van der Waals surface area contributed by atoms with Crippen molar-refractivity contribution in [3.8, 4) is 11.4 Å². The van der Waals surface area contributed by atoms with Crippen molar-refractivity contribution in [1.29, 1.82) is 0 Å². The van der Waals surface area contributed by atoms with Crippen LogP contribution < -0.4 is 10.1 Å². The standard InChI is InChI=1S/C24H21F2N3O2/c1-31-16-4-2-3-14(11-16)24(7-8-24)27-23(30)21-18-10-13-9-17(13)22(18)29(28-21)20-6-5-15(25)12-19(20)26/h2-6,11-13,17H,7-10H2,1H3,(H,27,30)/t13-,17-/m1/s1. The zero-order valence-electron chi connectivity index (χ0n) is 17.0. The van der Waals surface area contributed by atoms with Crippen LogP contribution in [0.5, 0.6) is 5.75 Å². The molecule has 2 saturated carbocycles. The zero-order chi connectivity index (χ0) is 21.3. The number of amides is 1. The van der Waals surface area contributed by atoms with Crippen LogP contribution in [0.1, 0.15) is 52.5 Å². The third-order valence-corrected chi connectivity index (χ3v) is 6.84. The maximum Gasteiger partial charge on any atom is 0.272 e. The first-order valence-electron chi connectivity index (χ1n) is 10.5. The minimum Gasteiger partial charge on any atom is -0.497 e. The van der Waals surface area contributed by atoms with E-state index in [-0.39, 0.29) is 11.6 Å². The normalized spacial score (nSPS) is 21.9. The summed E-state index contributed by atoms with van der Waals surface area (Å²) in [4.78, 5) is 13.3. The van der Waals surface area contributed by atoms with Gasteiger partial charge in [0.15, 0.2) is 11.5 Å². The molecule has 0 unspecified atom stereocenters. The number of hydrogen-bond donors (Lipinski definition) is 1. The molecule has 6 rings (SSSR count). The van der Waals surface area contributed by atoms with E-state index in [4.69, 9.17) is 4.74 Å². The lowest BCUT2D eigenvalue weighted by molar-refractivity contribution is 0.0924. The number of aromatic nitrogens is 2. The summed E-state index contributed by atoms with van der Waals surface area (Å²) in [5.74, 6) is -0.0451. The lowest BCUT2D eigenvalue weighted by Crippen LogP contribution is -2.35. The SMILES string of the molecule is COc1cccc(C2(NC(=O)c3nn(-c4ccc(F)cc4F)c4c3C[C@H]3C[C@@H]43)CC2)c1. The second kappa shape index (κ2) is 6.39. The molecule has 158 valence electrons. The number of rotatable bonds is 5. The molecule has 1 amide bonds. The number of methoxy groups -OCH3 is 1. The van der Waals surface area contributed by atoms with Crippen molar-refractivity contribution in [2.24, 2.45) is 5.92 Å². The van der Waals surface area contributed by atoms with Gasteiger partial charge in [0.05, 0.1) is 18.3 Å². The number of hydrogen-bond acceptors (Lipinski definition) is 3. The van der Waals surface area contributed by atoms with E-state index in [1.54, 1.807) is 7.11 Å². The third kappa shape index (κ3) is 2.86. The number of ether oxygens (including phenoxy) is 1. The lowest BCUT2D eigenvalue weighted by atomic mass is 10.0. The minimum atomic E-state index is -0.684. The van der Waals surface area contributed by atoms with Crippen molar-refractivity contribution in [3.63, 3.8) is 0 Å². The van der Waals surface area contributed by atoms with Crippen molar-refractivity contribution >= 4 is 5.91 Å². The number of carbonyl (C=O) groups excluding carboxylic acids is 1. The Bertz CT molecular complexity index is 1230. The van der Waals surface area contributed by atoms with Gasteiger partial charge in [-0.25, -0.2) is 13.5 Å². The Morgan fingerprint density at radius 3 is 2.81 bits per heavy atom. The van der Waals surface area contributed by atoms with Gasteiger partial charge in [0.2, 0.25) is 0 Å². The van der Waals surface area contributed by atoms with Crippen LogP contribution >= 0.6 is 0 Å². The fourth-order valence-electron chi connectivity index (χ4n) is 4.94. The molecule has 2 atom stereocenters. The molecule has 5 nitrogen and oxygen atoms in total. The molecular formula is C24H21F2N3O2. The predicted molar refractivity (Wildman–Crippen MR) is 109 cm³/mol. The summed E-state index contributed by atoms with van der Waals surface area (Å²) < 4.78 is 34.8. The van der Waals surface area contributed by atoms with Crippen LogP contribution in [-0.2, 0) is 12.0 Å². The summed E-state index contributed by atoms with van der Waals surface area (Å²) in [5, 5.41) is 7.70. The van der Waals surface area contributed by atoms with Crippen LogP contribution in [0.25, 0.3) is 5.69 Å². The number of benzene rings is 2. The van der Waals surface area contributed by atoms with E-state index in [0.29, 0.717) is 17.5 Å². The van der Waals surface area contributed by atoms with Crippen molar-refractivity contribution in [1.82, 2.24) is 15.1 Å². The van der Waals surface area contributed by atoms with Crippen LogP contribution in [0, 0.1) is 17.6 Å². The molecule has 2 aromatic carbocycles. The van der Waals surface area contributed by atoms with E-state index in [9.17, 15) is 13.6 Å². The average Bonchev–Trinajstić information content (AvgIpc) is 3.64. The highest BCUT2D eigenvalue weighted by Crippen LogP contribution is 2.57. The van der Waals surface area contributed by atoms with E-state index in [1.165, 1.54) is 16.8 Å². The first kappa shape index (κ1) is 18.5. The van der Waals surface area contributed by atoms with Gasteiger partial charge in [-0.05, 0) is 61.4 Å². The van der Waals surface area contributed by atoms with Gasteiger partial charge < -0.3 is 10.1 Å². The van der Waals surface area contributed by atoms with Gasteiger partial charge in [-0.1, -0.05) is 12.1 Å². The molecule has 3 aromatic rings. The molecule has 0 spiro atoms. The molecule has 1 aromatic heterocycles. The molecule has 1 N–H and O–H groups in total. The molecule has 0 bridgehead atoms. The smallest absolute Gasteiger partial charge is 0.272 e. The monoisotopic (exact) mass is 421 g/mol. The van der Waals surface area contributed by atoms with Crippen molar-refractivity contribution in [3.05, 3.63) is 76.6 Å². The van der Waals surface area contributed by atoms with Crippen LogP contribution in [0.15, 0.2) is 42.5 Å². The molecular weight excluding hydrogens is 400 g/mol. The van der Waals surface area contributed by atoms with E-state index >= 15 is 0 Å². The Hall–Kier alpha value is -3.22. The lowest BCUT2D eigenvalue weighted by Gasteiger charge is -2.18. The number of carbonyl (C=O) groups is 1. The van der Waals surface area contributed by atoms with Gasteiger partial charge in [0, 0.05) is 17.5 Å². The van der Waals surface area contributed by atoms with Gasteiger partial charge in [-0.3, -0.25) is 4.79 Å². The van der Waals surface area contributed by atoms with Crippen molar-refractivity contribution < 1.29 is 18.3 Å². The molecule has 2 fully saturated rings. The van der Waals surface area contributed by atoms with Gasteiger partial charge in [0.1, 0.15) is 17.3 Å². The number of fused-ring (bicyclic) bond motifs is 3. The van der Waals surface area contributed by atoms with Gasteiger partial charge in [0.25, 0.3) is 5.91 Å². The first-order chi connectivity index (χ1) is 15.0. The summed E-state index contributed by atoms with van der Waals surface area (Å²) in [6.45, 7) is 0. The average molecular weight is 421 g/mol. The van der Waals surface area contributed by atoms with Gasteiger partial charge in [-0.15, -0.1) is 0 Å². The summed E-state index contributed by atoms with van der Waals surface area (Å²) in [6, 6.07) is 11.2. The third-order valence-electron chi connectivity index (χ3n) is 6.84. The minimum absolute atomic E-state index is 0.179. The van der Waals surface area contributed by atoms with Crippen LogP contribution in [0.4, 0.5) is 8.78 Å². The van der Waals surface area contributed by atoms with Crippen LogP contribution in [0.2, 0.25) is 0 Å². The first-order valence-corrected chi connectivity index (χ1v) is 10.5. The maximum atomic E-state index is 14.5. The fraction of sp³-hybridized carbons (Fsp3) is 0.333. The fourth-order valence-corrected chi connectivity index (χ4v) is 4.94. The van der Waals surface area contributed by atoms with E-state index in [2.05, 4.69) is 10.4 Å². The predicted octanol–water partition coefficient (Wildman–Crippen LogP) is 4.24. The molecule has 3 aliphatic carbocycles. The Kier molecular flexibility index (Phi) is 3.82. The summed E-state index contributed by atoms with van der Waals surface area (Å²) >= 11 is 0. The van der Waals surface area contributed by atoms with Crippen LogP contribution in [-0.4, -0.2) is 22.8 Å². The molecule has 0 saturated heterocycles. The Labute approximate surface area is 178 Å². The maximum absolute atomic E-state index is 14.5. The largest absolute Gasteiger partial charge is 0.497 e. The summed E-state index contributed by atoms with van der Waals surface area (Å²) in [6.07, 6.45) is 3.48. The van der Waals surface area contributed by atoms with E-state index in [0.717, 1.165) is 54.3 Å². The number of nitrogens with zero attached hydrogens (tertiary/aromatic N) is 2. The van der Waals surface area contributed by atoms with E-state index in [1.807, 2.05) is 24.3 Å².